The Morgan fingerprint density at radius 2 is 2.23 bits per heavy atom. The minimum Gasteiger partial charge on any atom is -0.361 e. The topological polar surface area (TPSA) is 62.5 Å². The third-order valence-electron chi connectivity index (χ3n) is 4.06. The molecule has 1 unspecified atom stereocenters. The van der Waals surface area contributed by atoms with Gasteiger partial charge in [0.25, 0.3) is 0 Å². The fourth-order valence-corrected chi connectivity index (χ4v) is 3.94. The molecule has 1 atom stereocenters. The molecule has 1 aliphatic heterocycles. The van der Waals surface area contributed by atoms with E-state index in [4.69, 9.17) is 9.52 Å². The highest BCUT2D eigenvalue weighted by atomic mass is 32.2. The van der Waals surface area contributed by atoms with Crippen LogP contribution in [-0.4, -0.2) is 41.3 Å². The van der Waals surface area contributed by atoms with Crippen LogP contribution in [0.1, 0.15) is 43.7 Å². The van der Waals surface area contributed by atoms with Crippen LogP contribution in [0.15, 0.2) is 9.52 Å². The number of hydrogen-bond donors (Lipinski definition) is 2. The lowest BCUT2D eigenvalue weighted by Crippen LogP contribution is -2.39. The lowest BCUT2D eigenvalue weighted by molar-refractivity contribution is 0.392. The zero-order chi connectivity index (χ0) is 16.0. The van der Waals surface area contributed by atoms with E-state index in [9.17, 15) is 0 Å². The molecule has 0 spiro atoms. The standard InChI is InChI=1S/C16H28N4OS/c1-5-17-15(19-11-16(4)8-6-10-22-16)18-9-7-14-12(2)20-21-13(14)3/h5-11H2,1-4H3,(H2,17,18,19). The summed E-state index contributed by atoms with van der Waals surface area (Å²) in [6, 6.07) is 0. The number of aryl methyl sites for hydroxylation is 2. The summed E-state index contributed by atoms with van der Waals surface area (Å²) in [6.45, 7) is 11.0. The average molecular weight is 324 g/mol. The smallest absolute Gasteiger partial charge is 0.191 e. The molecule has 1 aromatic rings. The van der Waals surface area contributed by atoms with Crippen molar-refractivity contribution in [3.05, 3.63) is 17.0 Å². The summed E-state index contributed by atoms with van der Waals surface area (Å²) in [5, 5.41) is 10.7. The van der Waals surface area contributed by atoms with E-state index in [0.717, 1.165) is 43.5 Å². The molecule has 0 aliphatic carbocycles. The molecule has 6 heteroatoms. The molecule has 22 heavy (non-hydrogen) atoms. The van der Waals surface area contributed by atoms with Gasteiger partial charge in [0.2, 0.25) is 0 Å². The zero-order valence-corrected chi connectivity index (χ0v) is 15.0. The van der Waals surface area contributed by atoms with Crippen molar-refractivity contribution in [2.24, 2.45) is 4.99 Å². The maximum absolute atomic E-state index is 5.20. The second kappa shape index (κ2) is 7.90. The van der Waals surface area contributed by atoms with Crippen LogP contribution in [0.25, 0.3) is 0 Å². The first-order chi connectivity index (χ1) is 10.5. The molecule has 1 saturated heterocycles. The molecule has 0 bridgehead atoms. The molecule has 0 amide bonds. The molecule has 2 rings (SSSR count). The number of guanidine groups is 1. The van der Waals surface area contributed by atoms with Gasteiger partial charge >= 0.3 is 0 Å². The number of aromatic nitrogens is 1. The van der Waals surface area contributed by atoms with Crippen molar-refractivity contribution in [3.8, 4) is 0 Å². The largest absolute Gasteiger partial charge is 0.361 e. The normalized spacial score (nSPS) is 22.1. The second-order valence-electron chi connectivity index (χ2n) is 6.08. The van der Waals surface area contributed by atoms with Gasteiger partial charge in [-0.05, 0) is 52.7 Å². The van der Waals surface area contributed by atoms with Crippen molar-refractivity contribution in [3.63, 3.8) is 0 Å². The second-order valence-corrected chi connectivity index (χ2v) is 7.76. The van der Waals surface area contributed by atoms with E-state index in [0.29, 0.717) is 4.75 Å². The summed E-state index contributed by atoms with van der Waals surface area (Å²) in [7, 11) is 0. The minimum atomic E-state index is 0.310. The van der Waals surface area contributed by atoms with Gasteiger partial charge in [0, 0.05) is 23.4 Å². The van der Waals surface area contributed by atoms with E-state index in [1.807, 2.05) is 25.6 Å². The average Bonchev–Trinajstić information content (AvgIpc) is 3.05. The van der Waals surface area contributed by atoms with E-state index in [1.165, 1.54) is 24.2 Å². The van der Waals surface area contributed by atoms with E-state index in [1.54, 1.807) is 0 Å². The maximum Gasteiger partial charge on any atom is 0.191 e. The monoisotopic (exact) mass is 324 g/mol. The van der Waals surface area contributed by atoms with Crippen LogP contribution < -0.4 is 10.6 Å². The fraction of sp³-hybridized carbons (Fsp3) is 0.750. The minimum absolute atomic E-state index is 0.310. The predicted molar refractivity (Wildman–Crippen MR) is 93.8 cm³/mol. The molecule has 124 valence electrons. The number of thioether (sulfide) groups is 1. The van der Waals surface area contributed by atoms with E-state index < -0.39 is 0 Å². The van der Waals surface area contributed by atoms with Gasteiger partial charge in [-0.25, -0.2) is 0 Å². The van der Waals surface area contributed by atoms with Crippen LogP contribution in [0.5, 0.6) is 0 Å². The Morgan fingerprint density at radius 1 is 1.41 bits per heavy atom. The van der Waals surface area contributed by atoms with E-state index in [2.05, 4.69) is 29.6 Å². The third-order valence-corrected chi connectivity index (χ3v) is 5.59. The summed E-state index contributed by atoms with van der Waals surface area (Å²) >= 11 is 2.05. The molecule has 1 fully saturated rings. The van der Waals surface area contributed by atoms with Crippen molar-refractivity contribution < 1.29 is 4.52 Å². The van der Waals surface area contributed by atoms with Crippen LogP contribution in [0.4, 0.5) is 0 Å². The summed E-state index contributed by atoms with van der Waals surface area (Å²) in [5.41, 5.74) is 2.18. The fourth-order valence-electron chi connectivity index (χ4n) is 2.71. The van der Waals surface area contributed by atoms with Crippen LogP contribution in [-0.2, 0) is 6.42 Å². The third kappa shape index (κ3) is 4.66. The number of rotatable bonds is 6. The zero-order valence-electron chi connectivity index (χ0n) is 14.2. The summed E-state index contributed by atoms with van der Waals surface area (Å²) in [5.74, 6) is 3.08. The quantitative estimate of drug-likeness (QED) is 0.622. The lowest BCUT2D eigenvalue weighted by Gasteiger charge is -2.21. The Morgan fingerprint density at radius 3 is 2.82 bits per heavy atom. The van der Waals surface area contributed by atoms with Gasteiger partial charge in [-0.15, -0.1) is 0 Å². The SMILES string of the molecule is CCNC(=NCC1(C)CCCS1)NCCc1c(C)noc1C. The molecule has 1 aromatic heterocycles. The van der Waals surface area contributed by atoms with E-state index >= 15 is 0 Å². The van der Waals surface area contributed by atoms with Crippen LogP contribution in [0.2, 0.25) is 0 Å². The highest BCUT2D eigenvalue weighted by molar-refractivity contribution is 8.00. The summed E-state index contributed by atoms with van der Waals surface area (Å²) < 4.78 is 5.51. The lowest BCUT2D eigenvalue weighted by atomic mass is 10.1. The van der Waals surface area contributed by atoms with Crippen LogP contribution in [0, 0.1) is 13.8 Å². The van der Waals surface area contributed by atoms with Crippen molar-refractivity contribution in [1.82, 2.24) is 15.8 Å². The molecular weight excluding hydrogens is 296 g/mol. The van der Waals surface area contributed by atoms with Crippen molar-refractivity contribution in [2.45, 2.75) is 51.7 Å². The molecule has 2 N–H and O–H groups in total. The van der Waals surface area contributed by atoms with Gasteiger partial charge in [-0.2, -0.15) is 11.8 Å². The number of nitrogens with one attached hydrogen (secondary N) is 2. The van der Waals surface area contributed by atoms with Gasteiger partial charge < -0.3 is 15.2 Å². The first-order valence-corrected chi connectivity index (χ1v) is 9.10. The molecule has 0 saturated carbocycles. The predicted octanol–water partition coefficient (Wildman–Crippen LogP) is 2.67. The Labute approximate surface area is 137 Å². The summed E-state index contributed by atoms with van der Waals surface area (Å²) in [4.78, 5) is 4.77. The van der Waals surface area contributed by atoms with E-state index in [-0.39, 0.29) is 0 Å². The Bertz CT molecular complexity index is 487. The number of nitrogens with zero attached hydrogens (tertiary/aromatic N) is 2. The molecule has 0 aromatic carbocycles. The van der Waals surface area contributed by atoms with Gasteiger partial charge in [0.1, 0.15) is 5.76 Å². The maximum atomic E-state index is 5.20. The first kappa shape index (κ1) is 17.2. The number of aliphatic imine (C=N–C) groups is 1. The summed E-state index contributed by atoms with van der Waals surface area (Å²) in [6.07, 6.45) is 3.48. The molecule has 5 nitrogen and oxygen atoms in total. The number of hydrogen-bond acceptors (Lipinski definition) is 4. The van der Waals surface area contributed by atoms with Crippen molar-refractivity contribution in [1.29, 1.82) is 0 Å². The van der Waals surface area contributed by atoms with Crippen LogP contribution in [0.3, 0.4) is 0 Å². The van der Waals surface area contributed by atoms with Gasteiger partial charge in [-0.3, -0.25) is 4.99 Å². The molecule has 2 heterocycles. The van der Waals surface area contributed by atoms with Crippen molar-refractivity contribution in [2.75, 3.05) is 25.4 Å². The molecule has 0 radical (unpaired) electrons. The highest BCUT2D eigenvalue weighted by Gasteiger charge is 2.29. The highest BCUT2D eigenvalue weighted by Crippen LogP contribution is 2.37. The Kier molecular flexibility index (Phi) is 6.17. The first-order valence-electron chi connectivity index (χ1n) is 8.12. The molecule has 1 aliphatic rings. The Balaban J connectivity index is 1.86. The molecular formula is C16H28N4OS. The van der Waals surface area contributed by atoms with Crippen molar-refractivity contribution >= 4 is 17.7 Å². The van der Waals surface area contributed by atoms with Gasteiger partial charge in [0.15, 0.2) is 5.96 Å². The van der Waals surface area contributed by atoms with Crippen LogP contribution >= 0.6 is 11.8 Å². The van der Waals surface area contributed by atoms with Gasteiger partial charge in [-0.1, -0.05) is 5.16 Å². The Hall–Kier alpha value is -1.17. The van der Waals surface area contributed by atoms with Gasteiger partial charge in [0.05, 0.1) is 12.2 Å².